The van der Waals surface area contributed by atoms with Gasteiger partial charge in [-0.3, -0.25) is 9.48 Å². The van der Waals surface area contributed by atoms with Crippen molar-refractivity contribution in [3.05, 3.63) is 17.5 Å². The van der Waals surface area contributed by atoms with E-state index in [-0.39, 0.29) is 0 Å². The summed E-state index contributed by atoms with van der Waals surface area (Å²) in [6.45, 7) is 3.59. The fourth-order valence-electron chi connectivity index (χ4n) is 1.60. The van der Waals surface area contributed by atoms with Crippen LogP contribution in [0, 0.1) is 6.92 Å². The van der Waals surface area contributed by atoms with E-state index < -0.39 is 17.9 Å². The van der Waals surface area contributed by atoms with E-state index in [4.69, 9.17) is 5.11 Å². The number of hydrogen-bond donors (Lipinski definition) is 2. The van der Waals surface area contributed by atoms with Gasteiger partial charge in [0.25, 0.3) is 5.91 Å². The minimum absolute atomic E-state index is 0.392. The van der Waals surface area contributed by atoms with Crippen LogP contribution in [0.25, 0.3) is 0 Å². The minimum atomic E-state index is -1.01. The highest BCUT2D eigenvalue weighted by atomic mass is 16.4. The fraction of sp³-hybridized carbons (Fsp3) is 0.545. The lowest BCUT2D eigenvalue weighted by Crippen LogP contribution is -2.40. The van der Waals surface area contributed by atoms with E-state index in [1.54, 1.807) is 20.2 Å². The Labute approximate surface area is 99.6 Å². The maximum Gasteiger partial charge on any atom is 0.326 e. The molecule has 0 aliphatic heterocycles. The van der Waals surface area contributed by atoms with Gasteiger partial charge in [-0.15, -0.1) is 0 Å². The molecule has 1 atom stereocenters. The maximum atomic E-state index is 11.8. The molecule has 0 bridgehead atoms. The van der Waals surface area contributed by atoms with Crippen molar-refractivity contribution in [2.75, 3.05) is 0 Å². The molecule has 0 saturated carbocycles. The van der Waals surface area contributed by atoms with Crippen molar-refractivity contribution < 1.29 is 14.7 Å². The predicted molar refractivity (Wildman–Crippen MR) is 61.7 cm³/mol. The standard InChI is InChI=1S/C11H17N3O3/c1-4-5-9(11(16)17)12-10(15)8-6-14(3)13-7(8)2/h6,9H,4-5H2,1-3H3,(H,12,15)(H,16,17). The van der Waals surface area contributed by atoms with Crippen molar-refractivity contribution >= 4 is 11.9 Å². The summed E-state index contributed by atoms with van der Waals surface area (Å²) in [7, 11) is 1.71. The molecule has 1 aromatic rings. The van der Waals surface area contributed by atoms with E-state index in [0.717, 1.165) is 0 Å². The van der Waals surface area contributed by atoms with E-state index in [2.05, 4.69) is 10.4 Å². The monoisotopic (exact) mass is 239 g/mol. The number of carbonyl (C=O) groups excluding carboxylic acids is 1. The van der Waals surface area contributed by atoms with Gasteiger partial charge >= 0.3 is 5.97 Å². The predicted octanol–water partition coefficient (Wildman–Crippen LogP) is 0.712. The topological polar surface area (TPSA) is 84.2 Å². The molecule has 17 heavy (non-hydrogen) atoms. The molecule has 1 amide bonds. The quantitative estimate of drug-likeness (QED) is 0.792. The largest absolute Gasteiger partial charge is 0.480 e. The van der Waals surface area contributed by atoms with Gasteiger partial charge in [-0.05, 0) is 13.3 Å². The van der Waals surface area contributed by atoms with Crippen LogP contribution < -0.4 is 5.32 Å². The van der Waals surface area contributed by atoms with Gasteiger partial charge in [0.1, 0.15) is 6.04 Å². The van der Waals surface area contributed by atoms with Crippen molar-refractivity contribution in [3.8, 4) is 0 Å². The molecule has 1 unspecified atom stereocenters. The number of nitrogens with one attached hydrogen (secondary N) is 1. The molecular formula is C11H17N3O3. The Kier molecular flexibility index (Phi) is 4.25. The SMILES string of the molecule is CCCC(NC(=O)c1cn(C)nc1C)C(=O)O. The number of nitrogens with zero attached hydrogens (tertiary/aromatic N) is 2. The Bertz CT molecular complexity index is 426. The number of rotatable bonds is 5. The van der Waals surface area contributed by atoms with Crippen molar-refractivity contribution in [3.63, 3.8) is 0 Å². The first kappa shape index (κ1) is 13.2. The van der Waals surface area contributed by atoms with Crippen LogP contribution >= 0.6 is 0 Å². The number of carboxylic acid groups (broad SMARTS) is 1. The zero-order chi connectivity index (χ0) is 13.0. The zero-order valence-corrected chi connectivity index (χ0v) is 10.2. The zero-order valence-electron chi connectivity index (χ0n) is 10.2. The molecule has 94 valence electrons. The highest BCUT2D eigenvalue weighted by molar-refractivity contribution is 5.97. The first-order chi connectivity index (χ1) is 7.95. The van der Waals surface area contributed by atoms with E-state index in [1.165, 1.54) is 4.68 Å². The van der Waals surface area contributed by atoms with Crippen molar-refractivity contribution in [1.82, 2.24) is 15.1 Å². The second-order valence-corrected chi connectivity index (χ2v) is 3.95. The van der Waals surface area contributed by atoms with E-state index in [1.807, 2.05) is 6.92 Å². The van der Waals surface area contributed by atoms with Gasteiger partial charge in [0.15, 0.2) is 0 Å². The molecule has 0 spiro atoms. The fourth-order valence-corrected chi connectivity index (χ4v) is 1.60. The number of hydrogen-bond acceptors (Lipinski definition) is 3. The van der Waals surface area contributed by atoms with Crippen molar-refractivity contribution in [2.45, 2.75) is 32.7 Å². The highest BCUT2D eigenvalue weighted by Crippen LogP contribution is 2.06. The Morgan fingerprint density at radius 3 is 2.65 bits per heavy atom. The summed E-state index contributed by atoms with van der Waals surface area (Å²) < 4.78 is 1.53. The average Bonchev–Trinajstić information content (AvgIpc) is 2.57. The molecule has 0 aliphatic carbocycles. The summed E-state index contributed by atoms with van der Waals surface area (Å²) in [5.74, 6) is -1.40. The number of amides is 1. The van der Waals surface area contributed by atoms with Gasteiger partial charge in [0.05, 0.1) is 11.3 Å². The summed E-state index contributed by atoms with van der Waals surface area (Å²) >= 11 is 0. The lowest BCUT2D eigenvalue weighted by Gasteiger charge is -2.12. The summed E-state index contributed by atoms with van der Waals surface area (Å²) in [6.07, 6.45) is 2.69. The molecule has 6 nitrogen and oxygen atoms in total. The van der Waals surface area contributed by atoms with Crippen LogP contribution in [-0.2, 0) is 11.8 Å². The number of carbonyl (C=O) groups is 2. The second-order valence-electron chi connectivity index (χ2n) is 3.95. The lowest BCUT2D eigenvalue weighted by molar-refractivity contribution is -0.139. The van der Waals surface area contributed by atoms with Gasteiger partial charge in [-0.2, -0.15) is 5.10 Å². The van der Waals surface area contributed by atoms with Gasteiger partial charge in [-0.25, -0.2) is 4.79 Å². The molecular weight excluding hydrogens is 222 g/mol. The normalized spacial score (nSPS) is 12.2. The van der Waals surface area contributed by atoms with E-state index in [0.29, 0.717) is 24.1 Å². The van der Waals surface area contributed by atoms with Crippen LogP contribution in [-0.4, -0.2) is 32.8 Å². The molecule has 0 radical (unpaired) electrons. The average molecular weight is 239 g/mol. The maximum absolute atomic E-state index is 11.8. The second kappa shape index (κ2) is 5.47. The minimum Gasteiger partial charge on any atom is -0.480 e. The summed E-state index contributed by atoms with van der Waals surface area (Å²) in [5.41, 5.74) is 1.00. The smallest absolute Gasteiger partial charge is 0.326 e. The third kappa shape index (κ3) is 3.30. The molecule has 0 aromatic carbocycles. The summed E-state index contributed by atoms with van der Waals surface area (Å²) in [4.78, 5) is 22.8. The van der Waals surface area contributed by atoms with Crippen LogP contribution in [0.1, 0.15) is 35.8 Å². The summed E-state index contributed by atoms with van der Waals surface area (Å²) in [5, 5.41) is 15.5. The van der Waals surface area contributed by atoms with E-state index >= 15 is 0 Å². The molecule has 1 aromatic heterocycles. The van der Waals surface area contributed by atoms with Crippen LogP contribution in [0.15, 0.2) is 6.20 Å². The Morgan fingerprint density at radius 1 is 1.59 bits per heavy atom. The molecule has 1 rings (SSSR count). The third-order valence-electron chi connectivity index (χ3n) is 2.44. The number of carboxylic acids is 1. The molecule has 1 heterocycles. The first-order valence-corrected chi connectivity index (χ1v) is 5.49. The van der Waals surface area contributed by atoms with Gasteiger partial charge < -0.3 is 10.4 Å². The Hall–Kier alpha value is -1.85. The number of aliphatic carboxylic acids is 1. The van der Waals surface area contributed by atoms with Crippen LogP contribution in [0.5, 0.6) is 0 Å². The summed E-state index contributed by atoms with van der Waals surface area (Å²) in [6, 6.07) is -0.841. The first-order valence-electron chi connectivity index (χ1n) is 5.49. The van der Waals surface area contributed by atoms with Crippen molar-refractivity contribution in [2.24, 2.45) is 7.05 Å². The van der Waals surface area contributed by atoms with Crippen LogP contribution in [0.2, 0.25) is 0 Å². The van der Waals surface area contributed by atoms with Crippen LogP contribution in [0.4, 0.5) is 0 Å². The van der Waals surface area contributed by atoms with Gasteiger partial charge in [-0.1, -0.05) is 13.3 Å². The number of aromatic nitrogens is 2. The Morgan fingerprint density at radius 2 is 2.24 bits per heavy atom. The van der Waals surface area contributed by atoms with Crippen molar-refractivity contribution in [1.29, 1.82) is 0 Å². The van der Waals surface area contributed by atoms with Crippen LogP contribution in [0.3, 0.4) is 0 Å². The van der Waals surface area contributed by atoms with E-state index in [9.17, 15) is 9.59 Å². The number of aryl methyl sites for hydroxylation is 2. The molecule has 0 fully saturated rings. The van der Waals surface area contributed by atoms with Gasteiger partial charge in [0, 0.05) is 13.2 Å². The third-order valence-corrected chi connectivity index (χ3v) is 2.44. The highest BCUT2D eigenvalue weighted by Gasteiger charge is 2.21. The molecule has 0 saturated heterocycles. The van der Waals surface area contributed by atoms with Gasteiger partial charge in [0.2, 0.25) is 0 Å². The Balaban J connectivity index is 2.77. The molecule has 0 aliphatic rings. The molecule has 6 heteroatoms. The molecule has 2 N–H and O–H groups in total. The lowest BCUT2D eigenvalue weighted by atomic mass is 10.1.